The Morgan fingerprint density at radius 3 is 3.04 bits per heavy atom. The highest BCUT2D eigenvalue weighted by atomic mass is 16.5. The van der Waals surface area contributed by atoms with Gasteiger partial charge in [-0.2, -0.15) is 0 Å². The molecule has 0 bridgehead atoms. The maximum Gasteiger partial charge on any atom is 0.113 e. The molecule has 0 spiro atoms. The lowest BCUT2D eigenvalue weighted by molar-refractivity contribution is 0.00370. The van der Waals surface area contributed by atoms with E-state index in [9.17, 15) is 0 Å². The molecule has 5 nitrogen and oxygen atoms in total. The minimum Gasteiger partial charge on any atom is -0.376 e. The smallest absolute Gasteiger partial charge is 0.113 e. The topological polar surface area (TPSA) is 49.2 Å². The molecule has 0 N–H and O–H groups in total. The Balaban J connectivity index is 1.76. The molecule has 1 atom stereocenters. The van der Waals surface area contributed by atoms with E-state index < -0.39 is 0 Å². The van der Waals surface area contributed by atoms with E-state index in [0.29, 0.717) is 6.61 Å². The summed E-state index contributed by atoms with van der Waals surface area (Å²) in [6, 6.07) is 6.24. The Labute approximate surface area is 149 Å². The number of hydrogen-bond donors (Lipinski definition) is 0. The van der Waals surface area contributed by atoms with Gasteiger partial charge in [0.15, 0.2) is 0 Å². The lowest BCUT2D eigenvalue weighted by Crippen LogP contribution is -2.24. The summed E-state index contributed by atoms with van der Waals surface area (Å²) in [5.41, 5.74) is 4.26. The summed E-state index contributed by atoms with van der Waals surface area (Å²) in [7, 11) is 1.65. The van der Waals surface area contributed by atoms with Crippen molar-refractivity contribution >= 4 is 0 Å². The highest BCUT2D eigenvalue weighted by molar-refractivity contribution is 5.64. The Kier molecular flexibility index (Phi) is 6.21. The van der Waals surface area contributed by atoms with Gasteiger partial charge in [0.05, 0.1) is 18.8 Å². The van der Waals surface area contributed by atoms with Crippen LogP contribution in [0.25, 0.3) is 11.3 Å². The minimum atomic E-state index is 0.257. The summed E-state index contributed by atoms with van der Waals surface area (Å²) < 4.78 is 12.7. The Morgan fingerprint density at radius 1 is 1.36 bits per heavy atom. The summed E-state index contributed by atoms with van der Waals surface area (Å²) in [5, 5.41) is 8.65. The number of ether oxygens (including phenoxy) is 2. The van der Waals surface area contributed by atoms with Crippen LogP contribution in [-0.4, -0.2) is 41.4 Å². The second-order valence-corrected chi connectivity index (χ2v) is 6.27. The maximum absolute atomic E-state index is 5.79. The maximum atomic E-state index is 5.79. The van der Waals surface area contributed by atoms with Gasteiger partial charge in [0.25, 0.3) is 0 Å². The van der Waals surface area contributed by atoms with Crippen LogP contribution in [0.4, 0.5) is 0 Å². The fourth-order valence-electron chi connectivity index (χ4n) is 3.10. The lowest BCUT2D eigenvalue weighted by Gasteiger charge is -2.21. The van der Waals surface area contributed by atoms with Crippen molar-refractivity contribution in [2.75, 3.05) is 20.3 Å². The van der Waals surface area contributed by atoms with Crippen LogP contribution >= 0.6 is 0 Å². The van der Waals surface area contributed by atoms with Gasteiger partial charge >= 0.3 is 0 Å². The molecule has 5 heteroatoms. The SMILES string of the molecule is CCc1cc(C#CCOC)ccc1-c1cn(CC2CCCCO2)nn1. The first kappa shape index (κ1) is 17.7. The number of aromatic nitrogens is 3. The van der Waals surface area contributed by atoms with Crippen molar-refractivity contribution in [1.82, 2.24) is 15.0 Å². The molecule has 3 rings (SSSR count). The highest BCUT2D eigenvalue weighted by Gasteiger charge is 2.16. The molecule has 1 aliphatic rings. The third-order valence-corrected chi connectivity index (χ3v) is 4.41. The zero-order valence-corrected chi connectivity index (χ0v) is 15.0. The Morgan fingerprint density at radius 2 is 2.28 bits per heavy atom. The van der Waals surface area contributed by atoms with E-state index in [1.807, 2.05) is 16.9 Å². The molecule has 0 aliphatic carbocycles. The standard InChI is InChI=1S/C20H25N3O2/c1-3-17-13-16(7-6-11-24-2)9-10-19(17)20-15-23(22-21-20)14-18-8-4-5-12-25-18/h9-10,13,15,18H,3-5,8,11-12,14H2,1-2H3. The predicted octanol–water partition coefficient (Wildman–Crippen LogP) is 3.07. The number of methoxy groups -OCH3 is 1. The van der Waals surface area contributed by atoms with Crippen LogP contribution in [0.2, 0.25) is 0 Å². The second kappa shape index (κ2) is 8.80. The molecule has 0 radical (unpaired) electrons. The molecular formula is C20H25N3O2. The third kappa shape index (κ3) is 4.68. The molecule has 1 aromatic carbocycles. The van der Waals surface area contributed by atoms with Crippen LogP contribution in [0, 0.1) is 11.8 Å². The van der Waals surface area contributed by atoms with Crippen molar-refractivity contribution in [2.24, 2.45) is 0 Å². The molecule has 2 aromatic rings. The molecule has 1 saturated heterocycles. The van der Waals surface area contributed by atoms with Gasteiger partial charge in [-0.3, -0.25) is 0 Å². The first-order chi connectivity index (χ1) is 12.3. The van der Waals surface area contributed by atoms with Gasteiger partial charge < -0.3 is 9.47 Å². The quantitative estimate of drug-likeness (QED) is 0.786. The number of aryl methyl sites for hydroxylation is 1. The van der Waals surface area contributed by atoms with Gasteiger partial charge in [0.2, 0.25) is 0 Å². The molecule has 1 unspecified atom stereocenters. The van der Waals surface area contributed by atoms with E-state index >= 15 is 0 Å². The molecule has 1 aliphatic heterocycles. The van der Waals surface area contributed by atoms with Crippen LogP contribution in [0.5, 0.6) is 0 Å². The second-order valence-electron chi connectivity index (χ2n) is 6.27. The normalized spacial score (nSPS) is 17.1. The summed E-state index contributed by atoms with van der Waals surface area (Å²) in [5.74, 6) is 6.12. The van der Waals surface area contributed by atoms with E-state index in [-0.39, 0.29) is 6.10 Å². The fraction of sp³-hybridized carbons (Fsp3) is 0.500. The van der Waals surface area contributed by atoms with Crippen molar-refractivity contribution < 1.29 is 9.47 Å². The average molecular weight is 339 g/mol. The van der Waals surface area contributed by atoms with Crippen molar-refractivity contribution in [3.05, 3.63) is 35.5 Å². The lowest BCUT2D eigenvalue weighted by atomic mass is 10.00. The number of nitrogens with zero attached hydrogens (tertiary/aromatic N) is 3. The van der Waals surface area contributed by atoms with Crippen LogP contribution in [-0.2, 0) is 22.4 Å². The van der Waals surface area contributed by atoms with Crippen LogP contribution in [0.3, 0.4) is 0 Å². The van der Waals surface area contributed by atoms with Crippen molar-refractivity contribution in [1.29, 1.82) is 0 Å². The molecule has 25 heavy (non-hydrogen) atoms. The zero-order valence-electron chi connectivity index (χ0n) is 15.0. The monoisotopic (exact) mass is 339 g/mol. The van der Waals surface area contributed by atoms with Gasteiger partial charge in [0, 0.05) is 24.8 Å². The van der Waals surface area contributed by atoms with Crippen molar-refractivity contribution in [3.8, 4) is 23.1 Å². The molecule has 0 saturated carbocycles. The van der Waals surface area contributed by atoms with E-state index in [2.05, 4.69) is 41.2 Å². The summed E-state index contributed by atoms with van der Waals surface area (Å²) in [6.45, 7) is 4.22. The van der Waals surface area contributed by atoms with E-state index in [4.69, 9.17) is 9.47 Å². The van der Waals surface area contributed by atoms with E-state index in [0.717, 1.165) is 42.8 Å². The summed E-state index contributed by atoms with van der Waals surface area (Å²) in [6.07, 6.45) is 6.70. The van der Waals surface area contributed by atoms with Crippen LogP contribution in [0.15, 0.2) is 24.4 Å². The van der Waals surface area contributed by atoms with E-state index in [1.54, 1.807) is 7.11 Å². The molecule has 1 aromatic heterocycles. The molecule has 132 valence electrons. The summed E-state index contributed by atoms with van der Waals surface area (Å²) in [4.78, 5) is 0. The molecule has 1 fully saturated rings. The van der Waals surface area contributed by atoms with Gasteiger partial charge in [-0.25, -0.2) is 4.68 Å². The van der Waals surface area contributed by atoms with Crippen LogP contribution in [0.1, 0.15) is 37.3 Å². The molecule has 2 heterocycles. The first-order valence-electron chi connectivity index (χ1n) is 8.93. The van der Waals surface area contributed by atoms with Gasteiger partial charge in [-0.15, -0.1) is 5.10 Å². The Bertz CT molecular complexity index is 752. The minimum absolute atomic E-state index is 0.257. The number of rotatable bonds is 5. The van der Waals surface area contributed by atoms with Crippen molar-refractivity contribution in [2.45, 2.75) is 45.3 Å². The summed E-state index contributed by atoms with van der Waals surface area (Å²) >= 11 is 0. The Hall–Kier alpha value is -2.16. The number of hydrogen-bond acceptors (Lipinski definition) is 4. The van der Waals surface area contributed by atoms with Crippen LogP contribution < -0.4 is 0 Å². The van der Waals surface area contributed by atoms with Crippen molar-refractivity contribution in [3.63, 3.8) is 0 Å². The number of benzene rings is 1. The molecule has 0 amide bonds. The van der Waals surface area contributed by atoms with Gasteiger partial charge in [0.1, 0.15) is 12.3 Å². The zero-order chi connectivity index (χ0) is 17.5. The molecular weight excluding hydrogens is 314 g/mol. The fourth-order valence-corrected chi connectivity index (χ4v) is 3.10. The third-order valence-electron chi connectivity index (χ3n) is 4.41. The highest BCUT2D eigenvalue weighted by Crippen LogP contribution is 2.24. The first-order valence-corrected chi connectivity index (χ1v) is 8.93. The largest absolute Gasteiger partial charge is 0.376 e. The van der Waals surface area contributed by atoms with Gasteiger partial charge in [-0.1, -0.05) is 30.0 Å². The predicted molar refractivity (Wildman–Crippen MR) is 97.2 cm³/mol. The van der Waals surface area contributed by atoms with E-state index in [1.165, 1.54) is 18.4 Å². The van der Waals surface area contributed by atoms with Gasteiger partial charge in [-0.05, 0) is 43.4 Å². The average Bonchev–Trinajstić information content (AvgIpc) is 3.11.